The lowest BCUT2D eigenvalue weighted by Gasteiger charge is -2.14. The largest absolute Gasteiger partial charge is 0.298 e. The number of Topliss-reactive ketones (excluding diaryl/α,β-unsaturated/α-hetero) is 1. The van der Waals surface area contributed by atoms with Crippen LogP contribution in [0.2, 0.25) is 5.02 Å². The van der Waals surface area contributed by atoms with E-state index in [2.05, 4.69) is 4.90 Å². The van der Waals surface area contributed by atoms with Gasteiger partial charge in [0.05, 0.1) is 6.54 Å². The molecule has 0 bridgehead atoms. The Bertz CT molecular complexity index is 351. The Kier molecular flexibility index (Phi) is 2.85. The lowest BCUT2D eigenvalue weighted by molar-refractivity contribution is -0.116. The van der Waals surface area contributed by atoms with E-state index in [4.69, 9.17) is 11.6 Å². The van der Waals surface area contributed by atoms with Crippen LogP contribution in [0.15, 0.2) is 24.3 Å². The van der Waals surface area contributed by atoms with Crippen LogP contribution in [0.5, 0.6) is 0 Å². The number of halogens is 1. The Balaban J connectivity index is 2.04. The first-order valence-electron chi connectivity index (χ1n) is 4.73. The summed E-state index contributed by atoms with van der Waals surface area (Å²) < 4.78 is 0. The SMILES string of the molecule is O=C1CCN(Cc2ccccc2Cl)C1. The predicted molar refractivity (Wildman–Crippen MR) is 56.4 cm³/mol. The highest BCUT2D eigenvalue weighted by Crippen LogP contribution is 2.18. The van der Waals surface area contributed by atoms with Crippen molar-refractivity contribution in [3.05, 3.63) is 34.9 Å². The van der Waals surface area contributed by atoms with Crippen molar-refractivity contribution < 1.29 is 4.79 Å². The molecule has 1 aromatic carbocycles. The average Bonchev–Trinajstić information content (AvgIpc) is 2.56. The van der Waals surface area contributed by atoms with Gasteiger partial charge >= 0.3 is 0 Å². The number of carbonyl (C=O) groups excluding carboxylic acids is 1. The molecule has 0 radical (unpaired) electrons. The fourth-order valence-corrected chi connectivity index (χ4v) is 1.89. The minimum Gasteiger partial charge on any atom is -0.298 e. The Morgan fingerprint density at radius 1 is 1.36 bits per heavy atom. The van der Waals surface area contributed by atoms with Gasteiger partial charge in [-0.2, -0.15) is 0 Å². The molecule has 1 aliphatic rings. The fraction of sp³-hybridized carbons (Fsp3) is 0.364. The summed E-state index contributed by atoms with van der Waals surface area (Å²) in [6.07, 6.45) is 0.685. The molecule has 14 heavy (non-hydrogen) atoms. The fourth-order valence-electron chi connectivity index (χ4n) is 1.69. The Morgan fingerprint density at radius 3 is 2.79 bits per heavy atom. The summed E-state index contributed by atoms with van der Waals surface area (Å²) in [7, 11) is 0. The van der Waals surface area contributed by atoms with Crippen LogP contribution in [0, 0.1) is 0 Å². The van der Waals surface area contributed by atoms with Crippen molar-refractivity contribution in [2.75, 3.05) is 13.1 Å². The first-order chi connectivity index (χ1) is 6.75. The van der Waals surface area contributed by atoms with Crippen LogP contribution in [-0.4, -0.2) is 23.8 Å². The Labute approximate surface area is 88.5 Å². The van der Waals surface area contributed by atoms with E-state index >= 15 is 0 Å². The highest BCUT2D eigenvalue weighted by Gasteiger charge is 2.19. The summed E-state index contributed by atoms with van der Waals surface area (Å²) in [4.78, 5) is 13.2. The van der Waals surface area contributed by atoms with Gasteiger partial charge in [-0.15, -0.1) is 0 Å². The molecule has 1 aliphatic heterocycles. The number of nitrogens with zero attached hydrogens (tertiary/aromatic N) is 1. The van der Waals surface area contributed by atoms with Crippen molar-refractivity contribution in [2.45, 2.75) is 13.0 Å². The maximum Gasteiger partial charge on any atom is 0.148 e. The second kappa shape index (κ2) is 4.11. The molecule has 1 saturated heterocycles. The molecule has 0 spiro atoms. The van der Waals surface area contributed by atoms with Crippen molar-refractivity contribution in [3.8, 4) is 0 Å². The van der Waals surface area contributed by atoms with E-state index in [0.29, 0.717) is 18.7 Å². The standard InChI is InChI=1S/C11H12ClNO/c12-11-4-2-1-3-9(11)7-13-6-5-10(14)8-13/h1-4H,5-8H2. The molecule has 0 amide bonds. The summed E-state index contributed by atoms with van der Waals surface area (Å²) in [5.41, 5.74) is 1.10. The van der Waals surface area contributed by atoms with Crippen molar-refractivity contribution in [2.24, 2.45) is 0 Å². The molecule has 0 unspecified atom stereocenters. The second-order valence-corrected chi connectivity index (χ2v) is 4.00. The molecule has 0 aromatic heterocycles. The lowest BCUT2D eigenvalue weighted by atomic mass is 10.2. The van der Waals surface area contributed by atoms with Gasteiger partial charge in [-0.3, -0.25) is 9.69 Å². The molecule has 2 nitrogen and oxygen atoms in total. The van der Waals surface area contributed by atoms with Crippen LogP contribution in [0.1, 0.15) is 12.0 Å². The Hall–Kier alpha value is -0.860. The lowest BCUT2D eigenvalue weighted by Crippen LogP contribution is -2.20. The molecule has 0 atom stereocenters. The van der Waals surface area contributed by atoms with Crippen molar-refractivity contribution in [3.63, 3.8) is 0 Å². The van der Waals surface area contributed by atoms with E-state index in [1.807, 2.05) is 24.3 Å². The molecule has 0 aliphatic carbocycles. The molecular weight excluding hydrogens is 198 g/mol. The summed E-state index contributed by atoms with van der Waals surface area (Å²) >= 11 is 6.03. The summed E-state index contributed by atoms with van der Waals surface area (Å²) in [6.45, 7) is 2.22. The van der Waals surface area contributed by atoms with Gasteiger partial charge in [0.15, 0.2) is 0 Å². The zero-order chi connectivity index (χ0) is 9.97. The molecule has 1 aromatic rings. The van der Waals surface area contributed by atoms with E-state index in [1.165, 1.54) is 0 Å². The van der Waals surface area contributed by atoms with Crippen LogP contribution in [-0.2, 0) is 11.3 Å². The number of ketones is 1. The van der Waals surface area contributed by atoms with Gasteiger partial charge in [0, 0.05) is 24.5 Å². The molecule has 3 heteroatoms. The van der Waals surface area contributed by atoms with Crippen molar-refractivity contribution in [1.82, 2.24) is 4.90 Å². The summed E-state index contributed by atoms with van der Waals surface area (Å²) in [6, 6.07) is 7.78. The zero-order valence-electron chi connectivity index (χ0n) is 7.87. The van der Waals surface area contributed by atoms with E-state index in [1.54, 1.807) is 0 Å². The summed E-state index contributed by atoms with van der Waals surface area (Å²) in [5, 5.41) is 0.784. The van der Waals surface area contributed by atoms with Gasteiger partial charge in [0.2, 0.25) is 0 Å². The molecule has 1 heterocycles. The van der Waals surface area contributed by atoms with Crippen molar-refractivity contribution >= 4 is 17.4 Å². The number of hydrogen-bond donors (Lipinski definition) is 0. The average molecular weight is 210 g/mol. The van der Waals surface area contributed by atoms with Gasteiger partial charge in [0.1, 0.15) is 5.78 Å². The quantitative estimate of drug-likeness (QED) is 0.744. The van der Waals surface area contributed by atoms with Crippen molar-refractivity contribution in [1.29, 1.82) is 0 Å². The van der Waals surface area contributed by atoms with Crippen LogP contribution < -0.4 is 0 Å². The maximum absolute atomic E-state index is 11.1. The molecule has 2 rings (SSSR count). The minimum atomic E-state index is 0.331. The Morgan fingerprint density at radius 2 is 2.14 bits per heavy atom. The van der Waals surface area contributed by atoms with Gasteiger partial charge in [-0.1, -0.05) is 29.8 Å². The third-order valence-electron chi connectivity index (χ3n) is 2.46. The molecule has 1 fully saturated rings. The van der Waals surface area contributed by atoms with Crippen LogP contribution in [0.25, 0.3) is 0 Å². The molecular formula is C11H12ClNO. The molecule has 0 saturated carbocycles. The smallest absolute Gasteiger partial charge is 0.148 e. The number of hydrogen-bond acceptors (Lipinski definition) is 2. The molecule has 74 valence electrons. The van der Waals surface area contributed by atoms with Crippen LogP contribution in [0.3, 0.4) is 0 Å². The second-order valence-electron chi connectivity index (χ2n) is 3.59. The van der Waals surface area contributed by atoms with E-state index in [-0.39, 0.29) is 0 Å². The van der Waals surface area contributed by atoms with Crippen LogP contribution >= 0.6 is 11.6 Å². The highest BCUT2D eigenvalue weighted by molar-refractivity contribution is 6.31. The third kappa shape index (κ3) is 2.14. The first-order valence-corrected chi connectivity index (χ1v) is 5.11. The number of carbonyl (C=O) groups is 1. The van der Waals surface area contributed by atoms with Gasteiger partial charge in [-0.05, 0) is 11.6 Å². The first kappa shape index (κ1) is 9.69. The zero-order valence-corrected chi connectivity index (χ0v) is 8.63. The van der Waals surface area contributed by atoms with Gasteiger partial charge in [0.25, 0.3) is 0 Å². The normalized spacial score (nSPS) is 17.6. The van der Waals surface area contributed by atoms with Gasteiger partial charge in [-0.25, -0.2) is 0 Å². The van der Waals surface area contributed by atoms with Crippen LogP contribution in [0.4, 0.5) is 0 Å². The summed E-state index contributed by atoms with van der Waals surface area (Å²) in [5.74, 6) is 0.331. The highest BCUT2D eigenvalue weighted by atomic mass is 35.5. The minimum absolute atomic E-state index is 0.331. The monoisotopic (exact) mass is 209 g/mol. The predicted octanol–water partition coefficient (Wildman–Crippen LogP) is 2.11. The maximum atomic E-state index is 11.1. The third-order valence-corrected chi connectivity index (χ3v) is 2.83. The molecule has 0 N–H and O–H groups in total. The van der Waals surface area contributed by atoms with E-state index < -0.39 is 0 Å². The number of likely N-dealkylation sites (tertiary alicyclic amines) is 1. The topological polar surface area (TPSA) is 20.3 Å². The van der Waals surface area contributed by atoms with E-state index in [0.717, 1.165) is 23.7 Å². The van der Waals surface area contributed by atoms with Gasteiger partial charge < -0.3 is 0 Å². The van der Waals surface area contributed by atoms with E-state index in [9.17, 15) is 4.79 Å². The number of rotatable bonds is 2. The number of benzene rings is 1.